The Morgan fingerprint density at radius 3 is 2.25 bits per heavy atom. The van der Waals surface area contributed by atoms with Crippen LogP contribution in [0.3, 0.4) is 0 Å². The molecule has 1 aromatic heterocycles. The van der Waals surface area contributed by atoms with E-state index in [0.717, 1.165) is 11.3 Å². The number of hydrogen-bond acceptors (Lipinski definition) is 3. The van der Waals surface area contributed by atoms with Gasteiger partial charge in [-0.25, -0.2) is 9.67 Å². The van der Waals surface area contributed by atoms with Crippen LogP contribution in [0.1, 0.15) is 10.6 Å². The van der Waals surface area contributed by atoms with Gasteiger partial charge < -0.3 is 5.32 Å². The topological polar surface area (TPSA) is 59.8 Å². The molecule has 1 amide bonds. The van der Waals surface area contributed by atoms with E-state index in [9.17, 15) is 4.79 Å². The average molecular weight is 409 g/mol. The molecule has 28 heavy (non-hydrogen) atoms. The van der Waals surface area contributed by atoms with Crippen molar-refractivity contribution in [1.29, 1.82) is 0 Å². The molecule has 4 aromatic rings. The maximum Gasteiger partial charge on any atom is 0.295 e. The zero-order chi connectivity index (χ0) is 19.5. The van der Waals surface area contributed by atoms with E-state index in [2.05, 4.69) is 15.4 Å². The highest BCUT2D eigenvalue weighted by Crippen LogP contribution is 2.26. The second-order valence-electron chi connectivity index (χ2n) is 5.95. The molecule has 0 aliphatic carbocycles. The Hall–Kier alpha value is -3.15. The van der Waals surface area contributed by atoms with Gasteiger partial charge in [0.25, 0.3) is 5.91 Å². The number of nitrogens with one attached hydrogen (secondary N) is 1. The summed E-state index contributed by atoms with van der Waals surface area (Å²) < 4.78 is 1.65. The van der Waals surface area contributed by atoms with Crippen molar-refractivity contribution in [3.8, 4) is 17.1 Å². The van der Waals surface area contributed by atoms with Crippen molar-refractivity contribution in [2.45, 2.75) is 0 Å². The van der Waals surface area contributed by atoms with Gasteiger partial charge in [-0.1, -0.05) is 71.7 Å². The summed E-state index contributed by atoms with van der Waals surface area (Å²) in [4.78, 5) is 17.2. The van der Waals surface area contributed by atoms with E-state index in [1.807, 2.05) is 60.7 Å². The molecule has 0 spiro atoms. The van der Waals surface area contributed by atoms with E-state index in [0.29, 0.717) is 21.6 Å². The Morgan fingerprint density at radius 2 is 1.57 bits per heavy atom. The fourth-order valence-corrected chi connectivity index (χ4v) is 3.16. The fourth-order valence-electron chi connectivity index (χ4n) is 2.70. The molecule has 3 aromatic carbocycles. The molecule has 0 aliphatic rings. The monoisotopic (exact) mass is 408 g/mol. The van der Waals surface area contributed by atoms with E-state index in [1.54, 1.807) is 22.9 Å². The molecular weight excluding hydrogens is 395 g/mol. The lowest BCUT2D eigenvalue weighted by molar-refractivity contribution is 0.101. The minimum Gasteiger partial charge on any atom is -0.318 e. The molecule has 0 saturated carbocycles. The van der Waals surface area contributed by atoms with Crippen LogP contribution in [-0.4, -0.2) is 20.7 Å². The number of nitrogens with zero attached hydrogens (tertiary/aromatic N) is 3. The third-order valence-corrected chi connectivity index (χ3v) is 4.57. The normalized spacial score (nSPS) is 10.6. The van der Waals surface area contributed by atoms with Crippen molar-refractivity contribution in [2.75, 3.05) is 5.32 Å². The number of halogens is 2. The van der Waals surface area contributed by atoms with Crippen LogP contribution in [0.4, 0.5) is 5.69 Å². The second-order valence-corrected chi connectivity index (χ2v) is 6.79. The number of carbonyl (C=O) groups excluding carboxylic acids is 1. The predicted octanol–water partition coefficient (Wildman–Crippen LogP) is 5.49. The Morgan fingerprint density at radius 1 is 0.893 bits per heavy atom. The third-order valence-electron chi connectivity index (χ3n) is 4.02. The second kappa shape index (κ2) is 7.84. The summed E-state index contributed by atoms with van der Waals surface area (Å²) in [6.07, 6.45) is 0. The first-order chi connectivity index (χ1) is 13.6. The van der Waals surface area contributed by atoms with Gasteiger partial charge in [0.15, 0.2) is 5.82 Å². The third kappa shape index (κ3) is 3.76. The lowest BCUT2D eigenvalue weighted by Crippen LogP contribution is -2.14. The molecule has 1 heterocycles. The SMILES string of the molecule is O=C(Nc1ccc(Cl)cc1Cl)c1nc(-c2ccccc2)n(-c2ccccc2)n1. The molecule has 0 radical (unpaired) electrons. The molecule has 0 bridgehead atoms. The first-order valence-corrected chi connectivity index (χ1v) is 9.22. The summed E-state index contributed by atoms with van der Waals surface area (Å²) in [5.41, 5.74) is 2.09. The standard InChI is InChI=1S/C21H14Cl2N4O/c22-15-11-12-18(17(23)13-15)24-21(28)19-25-20(14-7-3-1-4-8-14)27(26-19)16-9-5-2-6-10-16/h1-13H,(H,24,28). The van der Waals surface area contributed by atoms with Crippen LogP contribution in [0.2, 0.25) is 10.0 Å². The molecule has 5 nitrogen and oxygen atoms in total. The molecule has 0 unspecified atom stereocenters. The number of aromatic nitrogens is 3. The highest BCUT2D eigenvalue weighted by atomic mass is 35.5. The van der Waals surface area contributed by atoms with Crippen LogP contribution in [0.5, 0.6) is 0 Å². The molecule has 4 rings (SSSR count). The lowest BCUT2D eigenvalue weighted by atomic mass is 10.2. The van der Waals surface area contributed by atoms with Gasteiger partial charge in [-0.2, -0.15) is 0 Å². The fraction of sp³-hybridized carbons (Fsp3) is 0. The highest BCUT2D eigenvalue weighted by molar-refractivity contribution is 6.36. The van der Waals surface area contributed by atoms with Gasteiger partial charge >= 0.3 is 0 Å². The predicted molar refractivity (Wildman–Crippen MR) is 111 cm³/mol. The van der Waals surface area contributed by atoms with Crippen molar-refractivity contribution >= 4 is 34.8 Å². The van der Waals surface area contributed by atoms with Gasteiger partial charge in [0, 0.05) is 10.6 Å². The summed E-state index contributed by atoms with van der Waals surface area (Å²) in [6.45, 7) is 0. The lowest BCUT2D eigenvalue weighted by Gasteiger charge is -2.05. The summed E-state index contributed by atoms with van der Waals surface area (Å²) >= 11 is 12.0. The van der Waals surface area contributed by atoms with Crippen LogP contribution in [-0.2, 0) is 0 Å². The molecule has 138 valence electrons. The molecule has 0 aliphatic heterocycles. The number of carbonyl (C=O) groups is 1. The number of rotatable bonds is 4. The van der Waals surface area contributed by atoms with Crippen LogP contribution >= 0.6 is 23.2 Å². The van der Waals surface area contributed by atoms with Gasteiger partial charge in [-0.3, -0.25) is 4.79 Å². The Labute approximate surface area is 171 Å². The van der Waals surface area contributed by atoms with E-state index < -0.39 is 5.91 Å². The van der Waals surface area contributed by atoms with E-state index >= 15 is 0 Å². The van der Waals surface area contributed by atoms with Crippen molar-refractivity contribution in [1.82, 2.24) is 14.8 Å². The molecule has 0 saturated heterocycles. The van der Waals surface area contributed by atoms with Crippen molar-refractivity contribution < 1.29 is 4.79 Å². The Balaban J connectivity index is 1.74. The summed E-state index contributed by atoms with van der Waals surface area (Å²) in [6, 6.07) is 23.9. The molecular formula is C21H14Cl2N4O. The van der Waals surface area contributed by atoms with Crippen LogP contribution in [0.25, 0.3) is 17.1 Å². The van der Waals surface area contributed by atoms with Crippen molar-refractivity contribution in [2.24, 2.45) is 0 Å². The number of benzene rings is 3. The van der Waals surface area contributed by atoms with Crippen LogP contribution in [0.15, 0.2) is 78.9 Å². The molecule has 1 N–H and O–H groups in total. The number of para-hydroxylation sites is 1. The first-order valence-electron chi connectivity index (χ1n) is 8.46. The number of amides is 1. The molecule has 7 heteroatoms. The van der Waals surface area contributed by atoms with Crippen LogP contribution in [0, 0.1) is 0 Å². The molecule has 0 fully saturated rings. The maximum absolute atomic E-state index is 12.7. The van der Waals surface area contributed by atoms with E-state index in [-0.39, 0.29) is 5.82 Å². The van der Waals surface area contributed by atoms with Gasteiger partial charge in [-0.15, -0.1) is 5.10 Å². The highest BCUT2D eigenvalue weighted by Gasteiger charge is 2.19. The smallest absolute Gasteiger partial charge is 0.295 e. The van der Waals surface area contributed by atoms with Crippen molar-refractivity contribution in [3.05, 3.63) is 94.7 Å². The minimum atomic E-state index is -0.462. The zero-order valence-electron chi connectivity index (χ0n) is 14.5. The quantitative estimate of drug-likeness (QED) is 0.485. The van der Waals surface area contributed by atoms with E-state index in [1.165, 1.54) is 0 Å². The van der Waals surface area contributed by atoms with Gasteiger partial charge in [0.1, 0.15) is 0 Å². The van der Waals surface area contributed by atoms with E-state index in [4.69, 9.17) is 23.2 Å². The molecule has 0 atom stereocenters. The largest absolute Gasteiger partial charge is 0.318 e. The average Bonchev–Trinajstić information content (AvgIpc) is 3.17. The van der Waals surface area contributed by atoms with Gasteiger partial charge in [-0.05, 0) is 30.3 Å². The Kier molecular flexibility index (Phi) is 5.10. The van der Waals surface area contributed by atoms with Gasteiger partial charge in [0.05, 0.1) is 16.4 Å². The summed E-state index contributed by atoms with van der Waals surface area (Å²) in [5.74, 6) is 0.143. The minimum absolute atomic E-state index is 0.0359. The maximum atomic E-state index is 12.7. The summed E-state index contributed by atoms with van der Waals surface area (Å²) in [5, 5.41) is 7.98. The van der Waals surface area contributed by atoms with Crippen LogP contribution < -0.4 is 5.32 Å². The van der Waals surface area contributed by atoms with Gasteiger partial charge in [0.2, 0.25) is 5.82 Å². The summed E-state index contributed by atoms with van der Waals surface area (Å²) in [7, 11) is 0. The number of anilines is 1. The van der Waals surface area contributed by atoms with Crippen molar-refractivity contribution in [3.63, 3.8) is 0 Å². The number of hydrogen-bond donors (Lipinski definition) is 1. The zero-order valence-corrected chi connectivity index (χ0v) is 16.0. The Bertz CT molecular complexity index is 1070. The first kappa shape index (κ1) is 18.2.